The largest absolute Gasteiger partial charge is 0.493 e. The fraction of sp³-hybridized carbons (Fsp3) is 0.435. The third-order valence-electron chi connectivity index (χ3n) is 5.47. The number of benzene rings is 2. The number of hydrogen-bond donors (Lipinski definition) is 4. The van der Waals surface area contributed by atoms with Crippen molar-refractivity contribution in [2.75, 3.05) is 19.8 Å². The summed E-state index contributed by atoms with van der Waals surface area (Å²) >= 11 is 0. The summed E-state index contributed by atoms with van der Waals surface area (Å²) in [6.07, 6.45) is 3.71. The Morgan fingerprint density at radius 3 is 2.45 bits per heavy atom. The SMILES string of the molecule is CCCCCOc1ccc2c(=O)c3ccc(CCC(N)(CO)COP(=O)(O)O)cc3oc2c1. The average molecular weight is 479 g/mol. The van der Waals surface area contributed by atoms with E-state index in [2.05, 4.69) is 11.4 Å². The first-order chi connectivity index (χ1) is 15.6. The van der Waals surface area contributed by atoms with E-state index < -0.39 is 26.6 Å². The van der Waals surface area contributed by atoms with Gasteiger partial charge in [0.2, 0.25) is 5.43 Å². The summed E-state index contributed by atoms with van der Waals surface area (Å²) < 4.78 is 27.2. The van der Waals surface area contributed by atoms with E-state index in [1.165, 1.54) is 0 Å². The minimum absolute atomic E-state index is 0.145. The number of hydrogen-bond acceptors (Lipinski definition) is 7. The predicted octanol–water partition coefficient (Wildman–Crippen LogP) is 3.25. The van der Waals surface area contributed by atoms with Crippen LogP contribution in [0.5, 0.6) is 5.75 Å². The van der Waals surface area contributed by atoms with Crippen molar-refractivity contribution in [1.82, 2.24) is 0 Å². The smallest absolute Gasteiger partial charge is 0.469 e. The Bertz CT molecular complexity index is 1200. The Kier molecular flexibility index (Phi) is 8.28. The van der Waals surface area contributed by atoms with Crippen LogP contribution in [0.4, 0.5) is 0 Å². The molecule has 0 aliphatic rings. The molecule has 0 amide bonds. The number of unbranched alkanes of at least 4 members (excludes halogenated alkanes) is 2. The highest BCUT2D eigenvalue weighted by Crippen LogP contribution is 2.37. The van der Waals surface area contributed by atoms with Crippen molar-refractivity contribution < 1.29 is 33.1 Å². The first-order valence-corrected chi connectivity index (χ1v) is 12.4. The predicted molar refractivity (Wildman–Crippen MR) is 125 cm³/mol. The number of aryl methyl sites for hydroxylation is 1. The van der Waals surface area contributed by atoms with E-state index in [-0.39, 0.29) is 11.8 Å². The molecule has 0 spiro atoms. The van der Waals surface area contributed by atoms with Gasteiger partial charge in [0.15, 0.2) is 0 Å². The maximum atomic E-state index is 12.9. The molecule has 0 radical (unpaired) electrons. The van der Waals surface area contributed by atoms with E-state index in [1.807, 2.05) is 0 Å². The number of nitrogens with two attached hydrogens (primary N) is 1. The standard InChI is InChI=1S/C23H30NO8P/c1-2-3-4-11-30-17-6-8-19-21(13-17)32-20-12-16(5-7-18(20)22(19)26)9-10-23(24,14-25)15-31-33(27,28)29/h5-8,12-13,25H,2-4,9-11,14-15,24H2,1H3,(H2,27,28,29). The van der Waals surface area contributed by atoms with Crippen LogP contribution < -0.4 is 15.9 Å². The molecule has 1 aromatic heterocycles. The Hall–Kier alpha value is -2.26. The van der Waals surface area contributed by atoms with E-state index in [4.69, 9.17) is 24.7 Å². The molecule has 9 nitrogen and oxygen atoms in total. The van der Waals surface area contributed by atoms with Crippen LogP contribution in [0, 0.1) is 0 Å². The summed E-state index contributed by atoms with van der Waals surface area (Å²) in [5.74, 6) is 0.637. The van der Waals surface area contributed by atoms with E-state index in [0.29, 0.717) is 40.7 Å². The molecule has 0 saturated carbocycles. The molecule has 2 aromatic carbocycles. The van der Waals surface area contributed by atoms with Gasteiger partial charge in [-0.15, -0.1) is 0 Å². The normalized spacial score (nSPS) is 14.0. The molecule has 3 aromatic rings. The molecule has 1 heterocycles. The van der Waals surface area contributed by atoms with Gasteiger partial charge in [-0.25, -0.2) is 4.57 Å². The molecular weight excluding hydrogens is 449 g/mol. The van der Waals surface area contributed by atoms with Crippen LogP contribution in [-0.4, -0.2) is 40.3 Å². The fourth-order valence-electron chi connectivity index (χ4n) is 3.47. The lowest BCUT2D eigenvalue weighted by atomic mass is 9.93. The van der Waals surface area contributed by atoms with Crippen LogP contribution in [-0.2, 0) is 15.5 Å². The lowest BCUT2D eigenvalue weighted by molar-refractivity contribution is 0.102. The Morgan fingerprint density at radius 2 is 1.79 bits per heavy atom. The maximum Gasteiger partial charge on any atom is 0.469 e. The third kappa shape index (κ3) is 6.86. The van der Waals surface area contributed by atoms with Crippen molar-refractivity contribution in [2.24, 2.45) is 5.73 Å². The van der Waals surface area contributed by atoms with Crippen molar-refractivity contribution in [3.8, 4) is 5.75 Å². The fourth-order valence-corrected chi connectivity index (χ4v) is 3.89. The van der Waals surface area contributed by atoms with Crippen molar-refractivity contribution in [3.63, 3.8) is 0 Å². The topological polar surface area (TPSA) is 152 Å². The number of phosphoric acid groups is 1. The highest BCUT2D eigenvalue weighted by atomic mass is 31.2. The molecule has 0 bridgehead atoms. The average Bonchev–Trinajstić information content (AvgIpc) is 2.78. The number of aliphatic hydroxyl groups is 1. The zero-order chi connectivity index (χ0) is 24.1. The highest BCUT2D eigenvalue weighted by Gasteiger charge is 2.28. The van der Waals surface area contributed by atoms with Gasteiger partial charge in [-0.05, 0) is 49.1 Å². The summed E-state index contributed by atoms with van der Waals surface area (Å²) in [7, 11) is -4.70. The van der Waals surface area contributed by atoms with Gasteiger partial charge < -0.3 is 29.8 Å². The minimum Gasteiger partial charge on any atom is -0.493 e. The van der Waals surface area contributed by atoms with Gasteiger partial charge in [0.05, 0.1) is 36.1 Å². The van der Waals surface area contributed by atoms with E-state index in [9.17, 15) is 14.5 Å². The van der Waals surface area contributed by atoms with Crippen LogP contribution in [0.3, 0.4) is 0 Å². The first-order valence-electron chi connectivity index (χ1n) is 10.9. The van der Waals surface area contributed by atoms with Gasteiger partial charge in [0, 0.05) is 6.07 Å². The summed E-state index contributed by atoms with van der Waals surface area (Å²) in [5, 5.41) is 10.5. The van der Waals surface area contributed by atoms with Crippen molar-refractivity contribution in [2.45, 2.75) is 44.6 Å². The van der Waals surface area contributed by atoms with Crippen LogP contribution >= 0.6 is 7.82 Å². The highest BCUT2D eigenvalue weighted by molar-refractivity contribution is 7.46. The first kappa shape index (κ1) is 25.4. The van der Waals surface area contributed by atoms with E-state index in [1.54, 1.807) is 36.4 Å². The molecule has 5 N–H and O–H groups in total. The summed E-state index contributed by atoms with van der Waals surface area (Å²) in [6.45, 7) is 1.71. The van der Waals surface area contributed by atoms with Gasteiger partial charge in [-0.1, -0.05) is 25.8 Å². The zero-order valence-corrected chi connectivity index (χ0v) is 19.4. The van der Waals surface area contributed by atoms with Gasteiger partial charge in [-0.3, -0.25) is 9.32 Å². The van der Waals surface area contributed by atoms with E-state index >= 15 is 0 Å². The molecular formula is C23H30NO8P. The third-order valence-corrected chi connectivity index (χ3v) is 5.94. The van der Waals surface area contributed by atoms with Crippen LogP contribution in [0.1, 0.15) is 38.2 Å². The van der Waals surface area contributed by atoms with Crippen LogP contribution in [0.15, 0.2) is 45.6 Å². The van der Waals surface area contributed by atoms with Crippen molar-refractivity contribution in [3.05, 3.63) is 52.2 Å². The second-order valence-corrected chi connectivity index (χ2v) is 9.50. The molecule has 3 rings (SSSR count). The minimum atomic E-state index is -4.70. The second-order valence-electron chi connectivity index (χ2n) is 8.26. The van der Waals surface area contributed by atoms with Gasteiger partial charge in [0.25, 0.3) is 0 Å². The molecule has 0 aliphatic heterocycles. The maximum absolute atomic E-state index is 12.9. The molecule has 180 valence electrons. The monoisotopic (exact) mass is 479 g/mol. The van der Waals surface area contributed by atoms with Gasteiger partial charge >= 0.3 is 7.82 Å². The molecule has 1 atom stereocenters. The van der Waals surface area contributed by atoms with Crippen LogP contribution in [0.25, 0.3) is 21.9 Å². The summed E-state index contributed by atoms with van der Waals surface area (Å²) in [4.78, 5) is 30.7. The molecule has 33 heavy (non-hydrogen) atoms. The summed E-state index contributed by atoms with van der Waals surface area (Å²) in [5.41, 5.74) is 6.18. The molecule has 10 heteroatoms. The number of ether oxygens (including phenoxy) is 1. The van der Waals surface area contributed by atoms with Crippen molar-refractivity contribution in [1.29, 1.82) is 0 Å². The number of aliphatic hydroxyl groups excluding tert-OH is 1. The molecule has 0 aliphatic carbocycles. The summed E-state index contributed by atoms with van der Waals surface area (Å²) in [6, 6.07) is 10.3. The van der Waals surface area contributed by atoms with Crippen LogP contribution in [0.2, 0.25) is 0 Å². The number of rotatable bonds is 12. The number of phosphoric ester groups is 1. The van der Waals surface area contributed by atoms with Gasteiger partial charge in [-0.2, -0.15) is 0 Å². The lowest BCUT2D eigenvalue weighted by Crippen LogP contribution is -2.48. The molecule has 0 fully saturated rings. The quantitative estimate of drug-likeness (QED) is 0.174. The van der Waals surface area contributed by atoms with Crippen molar-refractivity contribution >= 4 is 29.8 Å². The molecule has 0 saturated heterocycles. The number of fused-ring (bicyclic) bond motifs is 2. The lowest BCUT2D eigenvalue weighted by Gasteiger charge is -2.27. The Labute approximate surface area is 191 Å². The Morgan fingerprint density at radius 1 is 1.09 bits per heavy atom. The zero-order valence-electron chi connectivity index (χ0n) is 18.5. The second kappa shape index (κ2) is 10.8. The Balaban J connectivity index is 1.81. The molecule has 1 unspecified atom stereocenters. The van der Waals surface area contributed by atoms with E-state index in [0.717, 1.165) is 24.8 Å². The van der Waals surface area contributed by atoms with Gasteiger partial charge in [0.1, 0.15) is 16.9 Å².